The first kappa shape index (κ1) is 12.7. The summed E-state index contributed by atoms with van der Waals surface area (Å²) in [6.45, 7) is -0.874. The molecule has 8 heteroatoms. The van der Waals surface area contributed by atoms with Gasteiger partial charge in [0.1, 0.15) is 12.7 Å². The number of hydrogen-bond acceptors (Lipinski definition) is 2. The number of benzene rings is 1. The van der Waals surface area contributed by atoms with E-state index in [2.05, 4.69) is 5.32 Å². The lowest BCUT2D eigenvalue weighted by Crippen LogP contribution is -2.39. The molecule has 0 aromatic heterocycles. The third-order valence-corrected chi connectivity index (χ3v) is 2.47. The van der Waals surface area contributed by atoms with Crippen molar-refractivity contribution in [2.75, 3.05) is 13.2 Å². The average molecular weight is 267 g/mol. The number of morpholine rings is 1. The molecule has 1 fully saturated rings. The van der Waals surface area contributed by atoms with E-state index in [1.165, 1.54) is 0 Å². The van der Waals surface area contributed by atoms with Gasteiger partial charge in [-0.2, -0.15) is 0 Å². The molecule has 1 heterocycles. The van der Waals surface area contributed by atoms with Gasteiger partial charge in [-0.25, -0.2) is 22.0 Å². The Morgan fingerprint density at radius 3 is 1.89 bits per heavy atom. The van der Waals surface area contributed by atoms with E-state index in [0.717, 1.165) is 0 Å². The molecular weight excluding hydrogens is 261 g/mol. The van der Waals surface area contributed by atoms with E-state index in [-0.39, 0.29) is 6.54 Å². The van der Waals surface area contributed by atoms with Crippen LogP contribution in [0.1, 0.15) is 11.7 Å². The molecule has 2 rings (SSSR count). The molecule has 3 nitrogen and oxygen atoms in total. The largest absolute Gasteiger partial charge is 0.362 e. The first-order valence-corrected chi connectivity index (χ1v) is 4.83. The summed E-state index contributed by atoms with van der Waals surface area (Å²) in [5.74, 6) is -10.7. The molecular formula is C10H6F5NO2. The highest BCUT2D eigenvalue weighted by molar-refractivity contribution is 5.77. The minimum Gasteiger partial charge on any atom is -0.362 e. The highest BCUT2D eigenvalue weighted by atomic mass is 19.2. The molecule has 0 spiro atoms. The fraction of sp³-hybridized carbons (Fsp3) is 0.300. The van der Waals surface area contributed by atoms with Gasteiger partial charge < -0.3 is 10.1 Å². The zero-order valence-corrected chi connectivity index (χ0v) is 8.70. The Balaban J connectivity index is 2.48. The maximum Gasteiger partial charge on any atom is 0.246 e. The molecule has 1 N–H and O–H groups in total. The van der Waals surface area contributed by atoms with Crippen molar-refractivity contribution in [3.63, 3.8) is 0 Å². The maximum absolute atomic E-state index is 13.4. The molecule has 0 saturated carbocycles. The highest BCUT2D eigenvalue weighted by Gasteiger charge is 2.32. The van der Waals surface area contributed by atoms with Crippen LogP contribution >= 0.6 is 0 Å². The summed E-state index contributed by atoms with van der Waals surface area (Å²) in [7, 11) is 0. The van der Waals surface area contributed by atoms with Crippen molar-refractivity contribution < 1.29 is 31.5 Å². The minimum atomic E-state index is -2.23. The Kier molecular flexibility index (Phi) is 3.20. The predicted molar refractivity (Wildman–Crippen MR) is 47.9 cm³/mol. The van der Waals surface area contributed by atoms with E-state index >= 15 is 0 Å². The zero-order valence-electron chi connectivity index (χ0n) is 8.70. The summed E-state index contributed by atoms with van der Waals surface area (Å²) in [5, 5.41) is 2.20. The van der Waals surface area contributed by atoms with Gasteiger partial charge in [-0.05, 0) is 0 Å². The van der Waals surface area contributed by atoms with Crippen molar-refractivity contribution in [1.29, 1.82) is 0 Å². The number of carbonyl (C=O) groups is 1. The summed E-state index contributed by atoms with van der Waals surface area (Å²) in [4.78, 5) is 10.8. The van der Waals surface area contributed by atoms with Crippen LogP contribution < -0.4 is 5.32 Å². The smallest absolute Gasteiger partial charge is 0.246 e. The molecule has 1 amide bonds. The van der Waals surface area contributed by atoms with Crippen LogP contribution in [0.15, 0.2) is 0 Å². The Morgan fingerprint density at radius 1 is 0.944 bits per heavy atom. The van der Waals surface area contributed by atoms with Crippen LogP contribution in [0.3, 0.4) is 0 Å². The molecule has 1 aromatic carbocycles. The minimum absolute atomic E-state index is 0.364. The lowest BCUT2D eigenvalue weighted by atomic mass is 10.1. The van der Waals surface area contributed by atoms with Crippen molar-refractivity contribution in [3.8, 4) is 0 Å². The van der Waals surface area contributed by atoms with Crippen LogP contribution in [0, 0.1) is 29.1 Å². The van der Waals surface area contributed by atoms with E-state index in [1.54, 1.807) is 0 Å². The maximum atomic E-state index is 13.4. The van der Waals surface area contributed by atoms with Gasteiger partial charge >= 0.3 is 0 Å². The summed E-state index contributed by atoms with van der Waals surface area (Å²) < 4.78 is 70.1. The fourth-order valence-electron chi connectivity index (χ4n) is 1.58. The number of carbonyl (C=O) groups excluding carboxylic acids is 1. The van der Waals surface area contributed by atoms with Gasteiger partial charge in [0.15, 0.2) is 23.3 Å². The monoisotopic (exact) mass is 267 g/mol. The van der Waals surface area contributed by atoms with Crippen molar-refractivity contribution >= 4 is 5.91 Å². The summed E-state index contributed by atoms with van der Waals surface area (Å²) in [5.41, 5.74) is -1.08. The molecule has 18 heavy (non-hydrogen) atoms. The topological polar surface area (TPSA) is 38.3 Å². The third-order valence-electron chi connectivity index (χ3n) is 2.47. The average Bonchev–Trinajstić information content (AvgIpc) is 2.36. The van der Waals surface area contributed by atoms with Gasteiger partial charge in [-0.15, -0.1) is 0 Å². The normalized spacial score (nSPS) is 19.8. The molecule has 1 aliphatic heterocycles. The van der Waals surface area contributed by atoms with Gasteiger partial charge in [0.05, 0.1) is 5.56 Å². The van der Waals surface area contributed by atoms with Crippen LogP contribution in [-0.4, -0.2) is 19.1 Å². The lowest BCUT2D eigenvalue weighted by molar-refractivity contribution is -0.133. The van der Waals surface area contributed by atoms with Crippen LogP contribution in [0.4, 0.5) is 22.0 Å². The quantitative estimate of drug-likeness (QED) is 0.476. The summed E-state index contributed by atoms with van der Waals surface area (Å²) in [6.07, 6.45) is -1.41. The summed E-state index contributed by atoms with van der Waals surface area (Å²) in [6, 6.07) is 0. The zero-order chi connectivity index (χ0) is 13.4. The number of ether oxygens (including phenoxy) is 1. The standard InChI is InChI=1S/C10H6F5NO2/c11-6-5(3-1-16-4(17)2-18-3)7(12)9(14)10(15)8(6)13/h3H,1-2H2,(H,16,17). The van der Waals surface area contributed by atoms with Crippen LogP contribution in [-0.2, 0) is 9.53 Å². The Labute approximate surface area is 97.5 Å². The SMILES string of the molecule is O=C1COC(c2c(F)c(F)c(F)c(F)c2F)CN1. The Morgan fingerprint density at radius 2 is 1.44 bits per heavy atom. The van der Waals surface area contributed by atoms with E-state index in [0.29, 0.717) is 0 Å². The number of hydrogen-bond donors (Lipinski definition) is 1. The number of nitrogens with one attached hydrogen (secondary N) is 1. The van der Waals surface area contributed by atoms with Gasteiger partial charge in [-0.3, -0.25) is 4.79 Å². The van der Waals surface area contributed by atoms with Crippen LogP contribution in [0.5, 0.6) is 0 Å². The van der Waals surface area contributed by atoms with Crippen molar-refractivity contribution in [2.45, 2.75) is 6.10 Å². The second kappa shape index (κ2) is 4.52. The van der Waals surface area contributed by atoms with Gasteiger partial charge in [-0.1, -0.05) is 0 Å². The second-order valence-corrected chi connectivity index (χ2v) is 3.59. The van der Waals surface area contributed by atoms with Crippen molar-refractivity contribution in [3.05, 3.63) is 34.6 Å². The number of amides is 1. The van der Waals surface area contributed by atoms with E-state index < -0.39 is 53.3 Å². The summed E-state index contributed by atoms with van der Waals surface area (Å²) >= 11 is 0. The highest BCUT2D eigenvalue weighted by Crippen LogP contribution is 2.30. The Bertz CT molecular complexity index is 480. The lowest BCUT2D eigenvalue weighted by Gasteiger charge is -2.24. The fourth-order valence-corrected chi connectivity index (χ4v) is 1.58. The molecule has 0 radical (unpaired) electrons. The molecule has 0 aliphatic carbocycles. The molecule has 98 valence electrons. The predicted octanol–water partition coefficient (Wildman–Crippen LogP) is 1.57. The molecule has 1 aliphatic rings. The molecule has 1 aromatic rings. The molecule has 1 unspecified atom stereocenters. The molecule has 0 bridgehead atoms. The van der Waals surface area contributed by atoms with Crippen molar-refractivity contribution in [1.82, 2.24) is 5.32 Å². The van der Waals surface area contributed by atoms with Gasteiger partial charge in [0.2, 0.25) is 11.7 Å². The van der Waals surface area contributed by atoms with Gasteiger partial charge in [0, 0.05) is 6.54 Å². The first-order chi connectivity index (χ1) is 8.43. The molecule has 1 saturated heterocycles. The third kappa shape index (κ3) is 1.92. The van der Waals surface area contributed by atoms with Gasteiger partial charge in [0.25, 0.3) is 0 Å². The molecule has 1 atom stereocenters. The van der Waals surface area contributed by atoms with E-state index in [1.807, 2.05) is 0 Å². The Hall–Kier alpha value is -1.70. The number of halogens is 5. The van der Waals surface area contributed by atoms with Crippen molar-refractivity contribution in [2.24, 2.45) is 0 Å². The number of rotatable bonds is 1. The van der Waals surface area contributed by atoms with Crippen LogP contribution in [0.2, 0.25) is 0 Å². The second-order valence-electron chi connectivity index (χ2n) is 3.59. The first-order valence-electron chi connectivity index (χ1n) is 4.83. The van der Waals surface area contributed by atoms with E-state index in [4.69, 9.17) is 4.74 Å². The van der Waals surface area contributed by atoms with Crippen LogP contribution in [0.25, 0.3) is 0 Å². The van der Waals surface area contributed by atoms with E-state index in [9.17, 15) is 26.7 Å².